The van der Waals surface area contributed by atoms with E-state index in [-0.39, 0.29) is 0 Å². The van der Waals surface area contributed by atoms with E-state index < -0.39 is 0 Å². The van der Waals surface area contributed by atoms with Crippen LogP contribution in [0.4, 0.5) is 17.2 Å². The van der Waals surface area contributed by atoms with Crippen LogP contribution in [-0.4, -0.2) is 42.1 Å². The molecule has 1 aromatic heterocycles. The van der Waals surface area contributed by atoms with Crippen LogP contribution in [0.3, 0.4) is 0 Å². The molecule has 1 fully saturated rings. The first-order valence-electron chi connectivity index (χ1n) is 11.9. The second-order valence-corrected chi connectivity index (χ2v) is 8.78. The molecule has 0 spiro atoms. The van der Waals surface area contributed by atoms with Crippen LogP contribution in [0.1, 0.15) is 35.5 Å². The fourth-order valence-electron chi connectivity index (χ4n) is 4.43. The van der Waals surface area contributed by atoms with Gasteiger partial charge in [-0.3, -0.25) is 0 Å². The number of fused-ring (bicyclic) bond motifs is 1. The van der Waals surface area contributed by atoms with Gasteiger partial charge in [0.2, 0.25) is 0 Å². The molecule has 1 N–H and O–H groups in total. The molecule has 3 heterocycles. The highest BCUT2D eigenvalue weighted by Gasteiger charge is 2.26. The van der Waals surface area contributed by atoms with Crippen molar-refractivity contribution in [2.24, 2.45) is 4.99 Å². The van der Waals surface area contributed by atoms with Crippen molar-refractivity contribution in [2.75, 3.05) is 36.5 Å². The van der Waals surface area contributed by atoms with Gasteiger partial charge in [0.15, 0.2) is 5.82 Å². The molecule has 170 valence electrons. The fourth-order valence-corrected chi connectivity index (χ4v) is 4.43. The van der Waals surface area contributed by atoms with Crippen molar-refractivity contribution in [1.82, 2.24) is 9.97 Å². The van der Waals surface area contributed by atoms with Crippen molar-refractivity contribution in [3.8, 4) is 0 Å². The minimum Gasteiger partial charge on any atom is -0.378 e. The van der Waals surface area contributed by atoms with Gasteiger partial charge >= 0.3 is 0 Å². The summed E-state index contributed by atoms with van der Waals surface area (Å²) in [5, 5.41) is 3.49. The number of aliphatic imine (C=N–C) groups is 1. The molecule has 6 nitrogen and oxygen atoms in total. The maximum Gasteiger partial charge on any atom is 0.158 e. The average Bonchev–Trinajstić information content (AvgIpc) is 3.25. The largest absolute Gasteiger partial charge is 0.378 e. The molecule has 2 aliphatic rings. The van der Waals surface area contributed by atoms with Crippen LogP contribution in [-0.2, 0) is 24.0 Å². The summed E-state index contributed by atoms with van der Waals surface area (Å²) in [5.41, 5.74) is 5.62. The molecule has 2 aliphatic heterocycles. The molecule has 0 aliphatic carbocycles. The molecular formula is C27H31N5O. The first-order chi connectivity index (χ1) is 16.2. The SMILES string of the molecule is Cc1cccc(NC2=Nc3c(nc(CCCCc4ccccc4)nc3N3CCOCC3)C2)c1. The van der Waals surface area contributed by atoms with Crippen molar-refractivity contribution in [3.63, 3.8) is 0 Å². The van der Waals surface area contributed by atoms with E-state index in [1.165, 1.54) is 11.1 Å². The molecule has 0 bridgehead atoms. The molecule has 0 saturated carbocycles. The lowest BCUT2D eigenvalue weighted by Gasteiger charge is -2.28. The average molecular weight is 442 g/mol. The Kier molecular flexibility index (Phi) is 6.63. The predicted octanol–water partition coefficient (Wildman–Crippen LogP) is 4.89. The van der Waals surface area contributed by atoms with Crippen LogP contribution in [0.15, 0.2) is 59.6 Å². The standard InChI is InChI=1S/C27H31N5O/c1-20-8-7-12-22(18-20)28-25-19-23-26(30-25)27(32-14-16-33-17-15-32)31-24(29-23)13-6-5-11-21-9-3-2-4-10-21/h2-4,7-10,12,18H,5-6,11,13-17,19H2,1H3,(H,28,30). The number of rotatable bonds is 7. The van der Waals surface area contributed by atoms with Gasteiger partial charge in [0.1, 0.15) is 17.3 Å². The van der Waals surface area contributed by atoms with E-state index >= 15 is 0 Å². The number of amidine groups is 1. The third kappa shape index (κ3) is 5.40. The monoisotopic (exact) mass is 441 g/mol. The Hall–Kier alpha value is -3.25. The number of hydrogen-bond donors (Lipinski definition) is 1. The highest BCUT2D eigenvalue weighted by molar-refractivity contribution is 6.03. The summed E-state index contributed by atoms with van der Waals surface area (Å²) >= 11 is 0. The molecular weight excluding hydrogens is 410 g/mol. The zero-order valence-corrected chi connectivity index (χ0v) is 19.3. The highest BCUT2D eigenvalue weighted by Crippen LogP contribution is 2.35. The van der Waals surface area contributed by atoms with Crippen molar-refractivity contribution in [1.29, 1.82) is 0 Å². The number of ether oxygens (including phenoxy) is 1. The summed E-state index contributed by atoms with van der Waals surface area (Å²) in [6.45, 7) is 5.23. The van der Waals surface area contributed by atoms with Crippen molar-refractivity contribution in [2.45, 2.75) is 39.0 Å². The zero-order chi connectivity index (χ0) is 22.5. The summed E-state index contributed by atoms with van der Waals surface area (Å²) in [6.07, 6.45) is 4.90. The summed E-state index contributed by atoms with van der Waals surface area (Å²) in [6, 6.07) is 19.1. The first-order valence-corrected chi connectivity index (χ1v) is 11.9. The number of nitrogens with zero attached hydrogens (tertiary/aromatic N) is 4. The normalized spacial score (nSPS) is 15.3. The van der Waals surface area contributed by atoms with Crippen LogP contribution >= 0.6 is 0 Å². The van der Waals surface area contributed by atoms with Gasteiger partial charge in [-0.1, -0.05) is 42.5 Å². The Labute approximate surface area is 195 Å². The van der Waals surface area contributed by atoms with Gasteiger partial charge in [0.05, 0.1) is 25.3 Å². The number of anilines is 2. The molecule has 2 aromatic carbocycles. The van der Waals surface area contributed by atoms with Crippen LogP contribution in [0.5, 0.6) is 0 Å². The van der Waals surface area contributed by atoms with E-state index in [0.717, 1.165) is 86.5 Å². The third-order valence-electron chi connectivity index (χ3n) is 6.14. The zero-order valence-electron chi connectivity index (χ0n) is 19.3. The number of aryl methyl sites for hydroxylation is 3. The number of hydrogen-bond acceptors (Lipinski definition) is 6. The molecule has 3 aromatic rings. The van der Waals surface area contributed by atoms with Gasteiger partial charge < -0.3 is 15.0 Å². The van der Waals surface area contributed by atoms with E-state index in [4.69, 9.17) is 19.7 Å². The first kappa shape index (κ1) is 21.6. The number of morpholine rings is 1. The lowest BCUT2D eigenvalue weighted by atomic mass is 10.1. The summed E-state index contributed by atoms with van der Waals surface area (Å²) < 4.78 is 5.57. The maximum absolute atomic E-state index is 5.57. The molecule has 0 unspecified atom stereocenters. The predicted molar refractivity (Wildman–Crippen MR) is 134 cm³/mol. The Bertz CT molecular complexity index is 1120. The van der Waals surface area contributed by atoms with Gasteiger partial charge in [0, 0.05) is 25.2 Å². The van der Waals surface area contributed by atoms with E-state index in [0.29, 0.717) is 6.42 Å². The summed E-state index contributed by atoms with van der Waals surface area (Å²) in [4.78, 5) is 17.2. The van der Waals surface area contributed by atoms with Crippen molar-refractivity contribution in [3.05, 3.63) is 77.2 Å². The summed E-state index contributed by atoms with van der Waals surface area (Å²) in [5.74, 6) is 2.82. The quantitative estimate of drug-likeness (QED) is 0.529. The van der Waals surface area contributed by atoms with Crippen LogP contribution in [0.2, 0.25) is 0 Å². The fraction of sp³-hybridized carbons (Fsp3) is 0.370. The lowest BCUT2D eigenvalue weighted by Crippen LogP contribution is -2.37. The second kappa shape index (κ2) is 10.1. The number of benzene rings is 2. The Balaban J connectivity index is 1.31. The van der Waals surface area contributed by atoms with Gasteiger partial charge in [-0.05, 0) is 49.4 Å². The van der Waals surface area contributed by atoms with E-state index in [1.807, 2.05) is 0 Å². The minimum absolute atomic E-state index is 0.708. The van der Waals surface area contributed by atoms with Gasteiger partial charge in [-0.2, -0.15) is 0 Å². The Morgan fingerprint density at radius 2 is 1.76 bits per heavy atom. The van der Waals surface area contributed by atoms with Gasteiger partial charge in [-0.25, -0.2) is 15.0 Å². The topological polar surface area (TPSA) is 62.6 Å². The van der Waals surface area contributed by atoms with Crippen LogP contribution < -0.4 is 10.2 Å². The third-order valence-corrected chi connectivity index (χ3v) is 6.14. The smallest absolute Gasteiger partial charge is 0.158 e. The van der Waals surface area contributed by atoms with Gasteiger partial charge in [0.25, 0.3) is 0 Å². The number of aromatic nitrogens is 2. The van der Waals surface area contributed by atoms with Crippen molar-refractivity contribution >= 4 is 23.0 Å². The minimum atomic E-state index is 0.708. The molecule has 5 rings (SSSR count). The molecule has 33 heavy (non-hydrogen) atoms. The van der Waals surface area contributed by atoms with E-state index in [2.05, 4.69) is 71.7 Å². The molecule has 6 heteroatoms. The van der Waals surface area contributed by atoms with Crippen molar-refractivity contribution < 1.29 is 4.74 Å². The molecule has 0 amide bonds. The van der Waals surface area contributed by atoms with E-state index in [9.17, 15) is 0 Å². The maximum atomic E-state index is 5.57. The Morgan fingerprint density at radius 3 is 2.58 bits per heavy atom. The van der Waals surface area contributed by atoms with Crippen LogP contribution in [0.25, 0.3) is 0 Å². The number of nitrogens with one attached hydrogen (secondary N) is 1. The molecule has 0 radical (unpaired) electrons. The summed E-state index contributed by atoms with van der Waals surface area (Å²) in [7, 11) is 0. The number of unbranched alkanes of at least 4 members (excludes halogenated alkanes) is 1. The van der Waals surface area contributed by atoms with E-state index in [1.54, 1.807) is 0 Å². The van der Waals surface area contributed by atoms with Gasteiger partial charge in [-0.15, -0.1) is 0 Å². The molecule has 1 saturated heterocycles. The second-order valence-electron chi connectivity index (χ2n) is 8.78. The van der Waals surface area contributed by atoms with Crippen LogP contribution in [0, 0.1) is 6.92 Å². The Morgan fingerprint density at radius 1 is 0.939 bits per heavy atom. The highest BCUT2D eigenvalue weighted by atomic mass is 16.5. The molecule has 0 atom stereocenters. The lowest BCUT2D eigenvalue weighted by molar-refractivity contribution is 0.122.